The number of methoxy groups -OCH3 is 2. The molecular weight excluding hydrogens is 370 g/mol. The van der Waals surface area contributed by atoms with Crippen LogP contribution in [0, 0.1) is 5.92 Å². The molecule has 0 aliphatic heterocycles. The third-order valence-electron chi connectivity index (χ3n) is 4.56. The lowest BCUT2D eigenvalue weighted by atomic mass is 10.1. The summed E-state index contributed by atoms with van der Waals surface area (Å²) >= 11 is 0. The number of aliphatic hydroxyl groups is 1. The lowest BCUT2D eigenvalue weighted by Crippen LogP contribution is -2.29. The summed E-state index contributed by atoms with van der Waals surface area (Å²) in [4.78, 5) is 12.9. The lowest BCUT2D eigenvalue weighted by molar-refractivity contribution is 0.0943. The first kappa shape index (κ1) is 20.4. The van der Waals surface area contributed by atoms with Crippen molar-refractivity contribution >= 4 is 5.91 Å². The highest BCUT2D eigenvalue weighted by Gasteiger charge is 2.22. The molecule has 1 aromatic heterocycles. The van der Waals surface area contributed by atoms with Gasteiger partial charge in [-0.15, -0.1) is 0 Å². The topological polar surface area (TPSA) is 85.6 Å². The fourth-order valence-electron chi connectivity index (χ4n) is 2.88. The van der Waals surface area contributed by atoms with Crippen LogP contribution in [0.3, 0.4) is 0 Å². The molecule has 7 heteroatoms. The van der Waals surface area contributed by atoms with Crippen LogP contribution in [-0.4, -0.2) is 48.2 Å². The van der Waals surface area contributed by atoms with E-state index in [9.17, 15) is 9.90 Å². The molecule has 0 radical (unpaired) electrons. The van der Waals surface area contributed by atoms with Crippen LogP contribution >= 0.6 is 0 Å². The highest BCUT2D eigenvalue weighted by molar-refractivity contribution is 6.00. The highest BCUT2D eigenvalue weighted by atomic mass is 16.5. The predicted molar refractivity (Wildman–Crippen MR) is 111 cm³/mol. The third kappa shape index (κ3) is 4.57. The van der Waals surface area contributed by atoms with Gasteiger partial charge in [-0.05, 0) is 36.2 Å². The summed E-state index contributed by atoms with van der Waals surface area (Å²) < 4.78 is 12.5. The molecule has 0 aliphatic rings. The van der Waals surface area contributed by atoms with Gasteiger partial charge in [0.2, 0.25) is 0 Å². The van der Waals surface area contributed by atoms with Crippen molar-refractivity contribution in [2.24, 2.45) is 5.92 Å². The van der Waals surface area contributed by atoms with Crippen molar-refractivity contribution in [2.45, 2.75) is 6.92 Å². The Morgan fingerprint density at radius 3 is 2.59 bits per heavy atom. The van der Waals surface area contributed by atoms with Crippen LogP contribution < -0.4 is 14.8 Å². The van der Waals surface area contributed by atoms with E-state index in [-0.39, 0.29) is 18.4 Å². The van der Waals surface area contributed by atoms with Crippen molar-refractivity contribution in [1.82, 2.24) is 15.1 Å². The second-order valence-corrected chi connectivity index (χ2v) is 6.74. The van der Waals surface area contributed by atoms with Gasteiger partial charge < -0.3 is 19.9 Å². The second-order valence-electron chi connectivity index (χ2n) is 6.74. The molecule has 7 nitrogen and oxygen atoms in total. The number of carbonyl (C=O) groups is 1. The first-order valence-electron chi connectivity index (χ1n) is 9.34. The Balaban J connectivity index is 2.09. The van der Waals surface area contributed by atoms with Crippen molar-refractivity contribution in [1.29, 1.82) is 0 Å². The third-order valence-corrected chi connectivity index (χ3v) is 4.56. The summed E-state index contributed by atoms with van der Waals surface area (Å²) in [5.41, 5.74) is 2.38. The number of aromatic nitrogens is 2. The number of amides is 1. The highest BCUT2D eigenvalue weighted by Crippen LogP contribution is 2.35. The van der Waals surface area contributed by atoms with Gasteiger partial charge in [-0.25, -0.2) is 4.68 Å². The molecule has 0 aliphatic carbocycles. The number of carbonyl (C=O) groups excluding carboxylic acids is 1. The zero-order valence-corrected chi connectivity index (χ0v) is 16.8. The van der Waals surface area contributed by atoms with Gasteiger partial charge in [0.1, 0.15) is 17.2 Å². The molecule has 1 atom stereocenters. The first-order chi connectivity index (χ1) is 14.1. The monoisotopic (exact) mass is 395 g/mol. The van der Waals surface area contributed by atoms with Crippen molar-refractivity contribution in [3.63, 3.8) is 0 Å². The number of hydrogen-bond acceptors (Lipinski definition) is 5. The molecular formula is C22H25N3O4. The van der Waals surface area contributed by atoms with E-state index in [0.29, 0.717) is 34.9 Å². The van der Waals surface area contributed by atoms with Crippen molar-refractivity contribution in [2.75, 3.05) is 27.4 Å². The van der Waals surface area contributed by atoms with E-state index in [2.05, 4.69) is 10.4 Å². The normalized spacial score (nSPS) is 11.7. The Kier molecular flexibility index (Phi) is 6.51. The van der Waals surface area contributed by atoms with Crippen LogP contribution in [0.15, 0.2) is 54.7 Å². The van der Waals surface area contributed by atoms with E-state index in [1.165, 1.54) is 0 Å². The molecule has 2 aromatic carbocycles. The Morgan fingerprint density at radius 1 is 1.17 bits per heavy atom. The zero-order valence-electron chi connectivity index (χ0n) is 16.8. The molecule has 3 rings (SSSR count). The maximum absolute atomic E-state index is 12.9. The fourth-order valence-corrected chi connectivity index (χ4v) is 2.88. The van der Waals surface area contributed by atoms with Gasteiger partial charge in [-0.3, -0.25) is 4.79 Å². The summed E-state index contributed by atoms with van der Waals surface area (Å²) in [5.74, 6) is 0.905. The summed E-state index contributed by atoms with van der Waals surface area (Å²) in [6.07, 6.45) is 1.70. The molecule has 152 valence electrons. The van der Waals surface area contributed by atoms with Crippen LogP contribution in [0.5, 0.6) is 11.5 Å². The SMILES string of the molecule is COc1ccc(OC)c(-c2nn(-c3ccccc3)cc2C(=O)NC[C@H](C)CO)c1. The molecule has 0 spiro atoms. The smallest absolute Gasteiger partial charge is 0.255 e. The number of benzene rings is 2. The van der Waals surface area contributed by atoms with Crippen molar-refractivity contribution < 1.29 is 19.4 Å². The minimum Gasteiger partial charge on any atom is -0.497 e. The minimum absolute atomic E-state index is 0.000120. The Morgan fingerprint density at radius 2 is 1.93 bits per heavy atom. The number of nitrogens with zero attached hydrogens (tertiary/aromatic N) is 2. The van der Waals surface area contributed by atoms with Gasteiger partial charge in [0, 0.05) is 24.9 Å². The number of para-hydroxylation sites is 1. The maximum atomic E-state index is 12.9. The second kappa shape index (κ2) is 9.25. The van der Waals surface area contributed by atoms with Gasteiger partial charge in [0.25, 0.3) is 5.91 Å². The van der Waals surface area contributed by atoms with Crippen LogP contribution in [-0.2, 0) is 0 Å². The molecule has 0 fully saturated rings. The average Bonchev–Trinajstić information content (AvgIpc) is 3.22. The fraction of sp³-hybridized carbons (Fsp3) is 0.273. The van der Waals surface area contributed by atoms with Gasteiger partial charge in [-0.2, -0.15) is 5.10 Å². The molecule has 0 saturated heterocycles. The average molecular weight is 395 g/mol. The Bertz CT molecular complexity index is 969. The van der Waals surface area contributed by atoms with E-state index in [4.69, 9.17) is 9.47 Å². The number of nitrogens with one attached hydrogen (secondary N) is 1. The Hall–Kier alpha value is -3.32. The first-order valence-corrected chi connectivity index (χ1v) is 9.34. The van der Waals surface area contributed by atoms with E-state index in [1.54, 1.807) is 43.3 Å². The van der Waals surface area contributed by atoms with Gasteiger partial charge in [0.05, 0.1) is 25.5 Å². The number of aliphatic hydroxyl groups excluding tert-OH is 1. The lowest BCUT2D eigenvalue weighted by Gasteiger charge is -2.12. The van der Waals surface area contributed by atoms with E-state index in [0.717, 1.165) is 5.69 Å². The summed E-state index contributed by atoms with van der Waals surface area (Å²) in [6.45, 7) is 2.22. The zero-order chi connectivity index (χ0) is 20.8. The van der Waals surface area contributed by atoms with Crippen LogP contribution in [0.4, 0.5) is 0 Å². The summed E-state index contributed by atoms with van der Waals surface area (Å²) in [5, 5.41) is 16.8. The van der Waals surface area contributed by atoms with Gasteiger partial charge >= 0.3 is 0 Å². The van der Waals surface area contributed by atoms with Gasteiger partial charge in [-0.1, -0.05) is 25.1 Å². The molecule has 3 aromatic rings. The van der Waals surface area contributed by atoms with Crippen LogP contribution in [0.25, 0.3) is 16.9 Å². The van der Waals surface area contributed by atoms with Gasteiger partial charge in [0.15, 0.2) is 0 Å². The molecule has 1 heterocycles. The molecule has 2 N–H and O–H groups in total. The standard InChI is InChI=1S/C22H25N3O4/c1-15(14-26)12-23-22(27)19-13-25(16-7-5-4-6-8-16)24-21(19)18-11-17(28-2)9-10-20(18)29-3/h4-11,13,15,26H,12,14H2,1-3H3,(H,23,27)/t15-/m0/s1. The maximum Gasteiger partial charge on any atom is 0.255 e. The summed E-state index contributed by atoms with van der Waals surface area (Å²) in [6, 6.07) is 14.9. The minimum atomic E-state index is -0.271. The Labute approximate surface area is 169 Å². The van der Waals surface area contributed by atoms with E-state index >= 15 is 0 Å². The quantitative estimate of drug-likeness (QED) is 0.613. The van der Waals surface area contributed by atoms with E-state index < -0.39 is 0 Å². The molecule has 29 heavy (non-hydrogen) atoms. The number of hydrogen-bond donors (Lipinski definition) is 2. The molecule has 1 amide bonds. The van der Waals surface area contributed by atoms with E-state index in [1.807, 2.05) is 37.3 Å². The van der Waals surface area contributed by atoms with Crippen LogP contribution in [0.1, 0.15) is 17.3 Å². The molecule has 0 unspecified atom stereocenters. The van der Waals surface area contributed by atoms with Crippen molar-refractivity contribution in [3.8, 4) is 28.4 Å². The molecule has 0 saturated carbocycles. The molecule has 0 bridgehead atoms. The summed E-state index contributed by atoms with van der Waals surface area (Å²) in [7, 11) is 3.15. The van der Waals surface area contributed by atoms with Crippen molar-refractivity contribution in [3.05, 3.63) is 60.3 Å². The largest absolute Gasteiger partial charge is 0.497 e. The number of ether oxygens (including phenoxy) is 2. The predicted octanol–water partition coefficient (Wildman–Crippen LogP) is 2.91. The number of rotatable bonds is 8. The van der Waals surface area contributed by atoms with Crippen LogP contribution in [0.2, 0.25) is 0 Å².